The van der Waals surface area contributed by atoms with E-state index in [2.05, 4.69) is 30.5 Å². The fourth-order valence-corrected chi connectivity index (χ4v) is 1.59. The average Bonchev–Trinajstić information content (AvgIpc) is 2.30. The lowest BCUT2D eigenvalue weighted by atomic mass is 10.1. The normalized spacial score (nSPS) is 10.7. The summed E-state index contributed by atoms with van der Waals surface area (Å²) in [6.07, 6.45) is 5.89. The number of amides is 1. The van der Waals surface area contributed by atoms with Crippen LogP contribution in [0.4, 0.5) is 5.69 Å². The number of carbonyl (C=O) groups excluding carboxylic acids is 1. The molecule has 3 heteroatoms. The highest BCUT2D eigenvalue weighted by Crippen LogP contribution is 2.15. The highest BCUT2D eigenvalue weighted by Gasteiger charge is 1.96. The van der Waals surface area contributed by atoms with Crippen molar-refractivity contribution in [2.75, 3.05) is 12.3 Å². The van der Waals surface area contributed by atoms with E-state index in [4.69, 9.17) is 5.73 Å². The molecule has 1 aromatic rings. The molecule has 0 unspecified atom stereocenters. The molecule has 3 N–H and O–H groups in total. The van der Waals surface area contributed by atoms with E-state index in [0.29, 0.717) is 6.54 Å². The van der Waals surface area contributed by atoms with E-state index in [1.165, 1.54) is 12.5 Å². The fourth-order valence-electron chi connectivity index (χ4n) is 1.59. The van der Waals surface area contributed by atoms with Crippen LogP contribution < -0.4 is 11.1 Å². The molecule has 0 bridgehead atoms. The minimum absolute atomic E-state index is 0.0131. The molecule has 0 heterocycles. The zero-order valence-electron chi connectivity index (χ0n) is 10.5. The van der Waals surface area contributed by atoms with Gasteiger partial charge in [0.05, 0.1) is 0 Å². The molecule has 92 valence electrons. The molecule has 0 aliphatic rings. The van der Waals surface area contributed by atoms with Gasteiger partial charge in [0, 0.05) is 19.2 Å². The van der Waals surface area contributed by atoms with E-state index in [1.807, 2.05) is 12.1 Å². The monoisotopic (exact) mass is 232 g/mol. The lowest BCUT2D eigenvalue weighted by Gasteiger charge is -2.03. The van der Waals surface area contributed by atoms with E-state index in [0.717, 1.165) is 24.1 Å². The quantitative estimate of drug-likeness (QED) is 0.605. The molecule has 3 nitrogen and oxygen atoms in total. The molecule has 0 atom stereocenters. The summed E-state index contributed by atoms with van der Waals surface area (Å²) in [6.45, 7) is 4.30. The van der Waals surface area contributed by atoms with Crippen molar-refractivity contribution in [1.29, 1.82) is 0 Å². The van der Waals surface area contributed by atoms with Crippen molar-refractivity contribution in [3.63, 3.8) is 0 Å². The number of carbonyl (C=O) groups is 1. The number of benzene rings is 1. The summed E-state index contributed by atoms with van der Waals surface area (Å²) in [7, 11) is 0. The summed E-state index contributed by atoms with van der Waals surface area (Å²) < 4.78 is 0. The largest absolute Gasteiger partial charge is 0.399 e. The molecular formula is C14H20N2O. The molecule has 0 fully saturated rings. The summed E-state index contributed by atoms with van der Waals surface area (Å²) in [6, 6.07) is 6.04. The molecule has 1 rings (SSSR count). The van der Waals surface area contributed by atoms with Crippen molar-refractivity contribution < 1.29 is 4.79 Å². The molecule has 0 saturated heterocycles. The van der Waals surface area contributed by atoms with Crippen molar-refractivity contribution in [2.45, 2.75) is 26.7 Å². The van der Waals surface area contributed by atoms with Crippen LogP contribution in [0.1, 0.15) is 31.4 Å². The lowest BCUT2D eigenvalue weighted by molar-refractivity contribution is -0.118. The van der Waals surface area contributed by atoms with Crippen LogP contribution in [0, 0.1) is 0 Å². The Bertz CT molecular complexity index is 411. The third-order valence-electron chi connectivity index (χ3n) is 2.54. The third-order valence-corrected chi connectivity index (χ3v) is 2.54. The van der Waals surface area contributed by atoms with E-state index in [-0.39, 0.29) is 5.91 Å². The van der Waals surface area contributed by atoms with Gasteiger partial charge in [-0.1, -0.05) is 25.1 Å². The van der Waals surface area contributed by atoms with E-state index >= 15 is 0 Å². The van der Waals surface area contributed by atoms with Gasteiger partial charge in [-0.15, -0.1) is 0 Å². The minimum atomic E-state index is 0.0131. The van der Waals surface area contributed by atoms with Crippen LogP contribution in [0.25, 0.3) is 6.08 Å². The van der Waals surface area contributed by atoms with Gasteiger partial charge in [0.15, 0.2) is 0 Å². The predicted octanol–water partition coefficient (Wildman–Crippen LogP) is 2.37. The molecule has 0 spiro atoms. The van der Waals surface area contributed by atoms with Gasteiger partial charge in [0.1, 0.15) is 0 Å². The Labute approximate surface area is 103 Å². The van der Waals surface area contributed by atoms with Crippen LogP contribution in [-0.4, -0.2) is 12.5 Å². The van der Waals surface area contributed by atoms with Crippen LogP contribution >= 0.6 is 0 Å². The molecule has 0 aliphatic heterocycles. The second-order valence-electron chi connectivity index (χ2n) is 3.99. The Morgan fingerprint density at radius 3 is 2.88 bits per heavy atom. The molecule has 1 amide bonds. The molecule has 17 heavy (non-hydrogen) atoms. The summed E-state index contributed by atoms with van der Waals surface area (Å²) >= 11 is 0. The standard InChI is InChI=1S/C14H20N2O/c1-3-13-10-12(7-8-14(13)15)6-4-5-9-16-11(2)17/h4,6-8,10H,3,5,9,15H2,1-2H3,(H,16,17). The highest BCUT2D eigenvalue weighted by molar-refractivity contribution is 5.72. The van der Waals surface area contributed by atoms with Gasteiger partial charge in [-0.2, -0.15) is 0 Å². The van der Waals surface area contributed by atoms with Crippen LogP contribution in [0.15, 0.2) is 24.3 Å². The van der Waals surface area contributed by atoms with Gasteiger partial charge in [-0.25, -0.2) is 0 Å². The minimum Gasteiger partial charge on any atom is -0.399 e. The van der Waals surface area contributed by atoms with Gasteiger partial charge in [-0.3, -0.25) is 4.79 Å². The van der Waals surface area contributed by atoms with Gasteiger partial charge in [-0.05, 0) is 36.1 Å². The Kier molecular flexibility index (Phi) is 5.27. The van der Waals surface area contributed by atoms with Crippen molar-refractivity contribution in [1.82, 2.24) is 5.32 Å². The Balaban J connectivity index is 2.50. The topological polar surface area (TPSA) is 55.1 Å². The van der Waals surface area contributed by atoms with Gasteiger partial charge < -0.3 is 11.1 Å². The molecule has 0 aliphatic carbocycles. The second kappa shape index (κ2) is 6.74. The zero-order chi connectivity index (χ0) is 12.7. The number of rotatable bonds is 5. The van der Waals surface area contributed by atoms with Gasteiger partial charge >= 0.3 is 0 Å². The van der Waals surface area contributed by atoms with E-state index in [9.17, 15) is 4.79 Å². The maximum absolute atomic E-state index is 10.6. The average molecular weight is 232 g/mol. The molecule has 1 aromatic carbocycles. The van der Waals surface area contributed by atoms with Crippen LogP contribution in [0.2, 0.25) is 0 Å². The summed E-state index contributed by atoms with van der Waals surface area (Å²) in [4.78, 5) is 10.6. The molecule has 0 radical (unpaired) electrons. The Morgan fingerprint density at radius 2 is 2.24 bits per heavy atom. The first-order valence-corrected chi connectivity index (χ1v) is 5.93. The number of hydrogen-bond donors (Lipinski definition) is 2. The maximum atomic E-state index is 10.6. The summed E-state index contributed by atoms with van der Waals surface area (Å²) in [5, 5.41) is 2.75. The number of anilines is 1. The maximum Gasteiger partial charge on any atom is 0.216 e. The second-order valence-corrected chi connectivity index (χ2v) is 3.99. The molecular weight excluding hydrogens is 212 g/mol. The van der Waals surface area contributed by atoms with Gasteiger partial charge in [0.25, 0.3) is 0 Å². The summed E-state index contributed by atoms with van der Waals surface area (Å²) in [5.74, 6) is 0.0131. The number of aryl methyl sites for hydroxylation is 1. The number of nitrogens with two attached hydrogens (primary N) is 1. The van der Waals surface area contributed by atoms with Crippen LogP contribution in [0.5, 0.6) is 0 Å². The predicted molar refractivity (Wildman–Crippen MR) is 72.6 cm³/mol. The Hall–Kier alpha value is -1.77. The first-order chi connectivity index (χ1) is 8.13. The van der Waals surface area contributed by atoms with E-state index < -0.39 is 0 Å². The molecule has 0 saturated carbocycles. The summed E-state index contributed by atoms with van der Waals surface area (Å²) in [5.41, 5.74) is 9.01. The zero-order valence-corrected chi connectivity index (χ0v) is 10.5. The number of nitrogen functional groups attached to an aromatic ring is 1. The highest BCUT2D eigenvalue weighted by atomic mass is 16.1. The SMILES string of the molecule is CCc1cc(C=CCCNC(C)=O)ccc1N. The van der Waals surface area contributed by atoms with Crippen molar-refractivity contribution in [3.8, 4) is 0 Å². The first kappa shape index (κ1) is 13.3. The molecule has 0 aromatic heterocycles. The third kappa shape index (κ3) is 4.72. The van der Waals surface area contributed by atoms with Crippen molar-refractivity contribution >= 4 is 17.7 Å². The van der Waals surface area contributed by atoms with Gasteiger partial charge in [0.2, 0.25) is 5.91 Å². The van der Waals surface area contributed by atoms with Crippen LogP contribution in [-0.2, 0) is 11.2 Å². The smallest absolute Gasteiger partial charge is 0.216 e. The van der Waals surface area contributed by atoms with E-state index in [1.54, 1.807) is 0 Å². The fraction of sp³-hybridized carbons (Fsp3) is 0.357. The lowest BCUT2D eigenvalue weighted by Crippen LogP contribution is -2.20. The first-order valence-electron chi connectivity index (χ1n) is 5.93. The number of hydrogen-bond acceptors (Lipinski definition) is 2. The number of nitrogens with one attached hydrogen (secondary N) is 1. The Morgan fingerprint density at radius 1 is 1.47 bits per heavy atom. The van der Waals surface area contributed by atoms with Crippen molar-refractivity contribution in [2.24, 2.45) is 0 Å². The van der Waals surface area contributed by atoms with Crippen molar-refractivity contribution in [3.05, 3.63) is 35.4 Å². The van der Waals surface area contributed by atoms with Crippen LogP contribution in [0.3, 0.4) is 0 Å².